The number of rotatable bonds is 14. The van der Waals surface area contributed by atoms with Gasteiger partial charge in [-0.25, -0.2) is 0 Å². The van der Waals surface area contributed by atoms with Crippen molar-refractivity contribution in [3.8, 4) is 0 Å². The van der Waals surface area contributed by atoms with Crippen LogP contribution in [0.1, 0.15) is 96.8 Å². The van der Waals surface area contributed by atoms with E-state index in [4.69, 9.17) is 9.47 Å². The first kappa shape index (κ1) is 21.7. The van der Waals surface area contributed by atoms with E-state index in [-0.39, 0.29) is 30.9 Å². The number of unbranched alkanes of at least 4 members (excludes halogenated alkanes) is 7. The molecular weight excluding hydrogens is 316 g/mol. The maximum atomic E-state index is 11.6. The summed E-state index contributed by atoms with van der Waals surface area (Å²) in [5, 5.41) is 0. The molecule has 0 bridgehead atoms. The molecule has 144 valence electrons. The maximum Gasteiger partial charge on any atom is 0.306 e. The summed E-state index contributed by atoms with van der Waals surface area (Å²) in [6, 6.07) is 0. The van der Waals surface area contributed by atoms with E-state index >= 15 is 0 Å². The summed E-state index contributed by atoms with van der Waals surface area (Å²) in [5.74, 6) is -0.609. The third kappa shape index (κ3) is 12.7. The molecular formula is C21H36O4. The SMILES string of the molecule is CCCCCCCCC/C=C/COC(=O)CCC(=O)OC1CCCC1. The summed E-state index contributed by atoms with van der Waals surface area (Å²) in [7, 11) is 0. The Bertz CT molecular complexity index is 383. The van der Waals surface area contributed by atoms with E-state index in [0.717, 1.165) is 32.1 Å². The van der Waals surface area contributed by atoms with Gasteiger partial charge in [-0.15, -0.1) is 0 Å². The lowest BCUT2D eigenvalue weighted by Crippen LogP contribution is -2.16. The van der Waals surface area contributed by atoms with Crippen LogP contribution >= 0.6 is 0 Å². The fourth-order valence-corrected chi connectivity index (χ4v) is 3.07. The smallest absolute Gasteiger partial charge is 0.306 e. The van der Waals surface area contributed by atoms with Crippen molar-refractivity contribution in [2.75, 3.05) is 6.61 Å². The maximum absolute atomic E-state index is 11.6. The molecule has 1 fully saturated rings. The summed E-state index contributed by atoms with van der Waals surface area (Å²) in [6.45, 7) is 2.53. The van der Waals surface area contributed by atoms with Crippen molar-refractivity contribution in [1.29, 1.82) is 0 Å². The van der Waals surface area contributed by atoms with Crippen LogP contribution in [0, 0.1) is 0 Å². The van der Waals surface area contributed by atoms with Gasteiger partial charge in [0.15, 0.2) is 0 Å². The van der Waals surface area contributed by atoms with Crippen molar-refractivity contribution >= 4 is 11.9 Å². The van der Waals surface area contributed by atoms with E-state index in [0.29, 0.717) is 6.61 Å². The van der Waals surface area contributed by atoms with E-state index in [1.54, 1.807) is 0 Å². The third-order valence-corrected chi connectivity index (χ3v) is 4.62. The average Bonchev–Trinajstić information content (AvgIpc) is 3.11. The Morgan fingerprint density at radius 2 is 1.52 bits per heavy atom. The van der Waals surface area contributed by atoms with Gasteiger partial charge in [0.1, 0.15) is 12.7 Å². The number of carbonyl (C=O) groups excluding carboxylic acids is 2. The number of hydrogen-bond acceptors (Lipinski definition) is 4. The Kier molecular flexibility index (Phi) is 13.0. The van der Waals surface area contributed by atoms with Crippen LogP contribution in [0.4, 0.5) is 0 Å². The molecule has 0 spiro atoms. The molecule has 0 N–H and O–H groups in total. The summed E-state index contributed by atoms with van der Waals surface area (Å²) >= 11 is 0. The molecule has 0 radical (unpaired) electrons. The molecule has 0 aromatic heterocycles. The van der Waals surface area contributed by atoms with Crippen LogP contribution in [0.25, 0.3) is 0 Å². The zero-order valence-electron chi connectivity index (χ0n) is 16.0. The van der Waals surface area contributed by atoms with Crippen molar-refractivity contribution in [2.24, 2.45) is 0 Å². The fraction of sp³-hybridized carbons (Fsp3) is 0.810. The molecule has 1 rings (SSSR count). The quantitative estimate of drug-likeness (QED) is 0.235. The molecule has 0 heterocycles. The predicted octanol–water partition coefficient (Wildman–Crippen LogP) is 5.49. The van der Waals surface area contributed by atoms with Crippen molar-refractivity contribution in [3.05, 3.63) is 12.2 Å². The highest BCUT2D eigenvalue weighted by Crippen LogP contribution is 2.21. The number of esters is 2. The van der Waals surface area contributed by atoms with Gasteiger partial charge in [0, 0.05) is 0 Å². The Hall–Kier alpha value is -1.32. The lowest BCUT2D eigenvalue weighted by Gasteiger charge is -2.10. The van der Waals surface area contributed by atoms with Crippen LogP contribution in [-0.2, 0) is 19.1 Å². The van der Waals surface area contributed by atoms with Crippen molar-refractivity contribution < 1.29 is 19.1 Å². The second kappa shape index (κ2) is 15.0. The van der Waals surface area contributed by atoms with Crippen LogP contribution < -0.4 is 0 Å². The van der Waals surface area contributed by atoms with Gasteiger partial charge in [0.05, 0.1) is 12.8 Å². The van der Waals surface area contributed by atoms with Gasteiger partial charge in [-0.05, 0) is 38.5 Å². The molecule has 25 heavy (non-hydrogen) atoms. The number of allylic oxidation sites excluding steroid dienone is 1. The van der Waals surface area contributed by atoms with Crippen LogP contribution in [0.3, 0.4) is 0 Å². The molecule has 0 aromatic rings. The van der Waals surface area contributed by atoms with Crippen molar-refractivity contribution in [1.82, 2.24) is 0 Å². The Morgan fingerprint density at radius 1 is 0.880 bits per heavy atom. The monoisotopic (exact) mass is 352 g/mol. The van der Waals surface area contributed by atoms with Gasteiger partial charge < -0.3 is 9.47 Å². The normalized spacial score (nSPS) is 14.9. The Balaban J connectivity index is 1.89. The largest absolute Gasteiger partial charge is 0.462 e. The highest BCUT2D eigenvalue weighted by Gasteiger charge is 2.19. The first-order valence-electron chi connectivity index (χ1n) is 10.2. The minimum atomic E-state index is -0.330. The minimum absolute atomic E-state index is 0.0677. The van der Waals surface area contributed by atoms with Crippen LogP contribution in [-0.4, -0.2) is 24.6 Å². The Labute approximate surface area is 153 Å². The lowest BCUT2D eigenvalue weighted by atomic mass is 10.1. The molecule has 1 aliphatic rings. The minimum Gasteiger partial charge on any atom is -0.462 e. The summed E-state index contributed by atoms with van der Waals surface area (Å²) in [4.78, 5) is 23.2. The molecule has 4 nitrogen and oxygen atoms in total. The molecule has 0 aliphatic heterocycles. The van der Waals surface area contributed by atoms with Crippen LogP contribution in [0.15, 0.2) is 12.2 Å². The molecule has 1 aliphatic carbocycles. The molecule has 0 saturated heterocycles. The molecule has 4 heteroatoms. The van der Waals surface area contributed by atoms with E-state index in [9.17, 15) is 9.59 Å². The molecule has 0 amide bonds. The fourth-order valence-electron chi connectivity index (χ4n) is 3.07. The van der Waals surface area contributed by atoms with E-state index < -0.39 is 0 Å². The van der Waals surface area contributed by atoms with Crippen molar-refractivity contribution in [2.45, 2.75) is 103 Å². The lowest BCUT2D eigenvalue weighted by molar-refractivity contribution is -0.153. The van der Waals surface area contributed by atoms with Crippen LogP contribution in [0.5, 0.6) is 0 Å². The third-order valence-electron chi connectivity index (χ3n) is 4.62. The highest BCUT2D eigenvalue weighted by molar-refractivity contribution is 5.77. The van der Waals surface area contributed by atoms with Gasteiger partial charge in [-0.1, -0.05) is 57.6 Å². The highest BCUT2D eigenvalue weighted by atomic mass is 16.5. The van der Waals surface area contributed by atoms with Gasteiger partial charge in [0.2, 0.25) is 0 Å². The van der Waals surface area contributed by atoms with Crippen molar-refractivity contribution in [3.63, 3.8) is 0 Å². The summed E-state index contributed by atoms with van der Waals surface area (Å²) in [5.41, 5.74) is 0. The van der Waals surface area contributed by atoms with Gasteiger partial charge in [0.25, 0.3) is 0 Å². The number of carbonyl (C=O) groups is 2. The standard InChI is InChI=1S/C21H36O4/c1-2-3-4-5-6-7-8-9-10-13-18-24-20(22)16-17-21(23)25-19-14-11-12-15-19/h10,13,19H,2-9,11-12,14-18H2,1H3/b13-10+. The van der Waals surface area contributed by atoms with E-state index in [2.05, 4.69) is 13.0 Å². The molecule has 0 atom stereocenters. The topological polar surface area (TPSA) is 52.6 Å². The predicted molar refractivity (Wildman–Crippen MR) is 100 cm³/mol. The van der Waals surface area contributed by atoms with Gasteiger partial charge in [-0.3, -0.25) is 9.59 Å². The zero-order valence-corrected chi connectivity index (χ0v) is 16.0. The van der Waals surface area contributed by atoms with Crippen LogP contribution in [0.2, 0.25) is 0 Å². The molecule has 1 saturated carbocycles. The van der Waals surface area contributed by atoms with E-state index in [1.165, 1.54) is 44.9 Å². The second-order valence-electron chi connectivity index (χ2n) is 6.96. The molecule has 0 aromatic carbocycles. The molecule has 0 unspecified atom stereocenters. The second-order valence-corrected chi connectivity index (χ2v) is 6.96. The summed E-state index contributed by atoms with van der Waals surface area (Å²) < 4.78 is 10.4. The van der Waals surface area contributed by atoms with Gasteiger partial charge in [-0.2, -0.15) is 0 Å². The number of hydrogen-bond donors (Lipinski definition) is 0. The average molecular weight is 353 g/mol. The first-order chi connectivity index (χ1) is 12.2. The Morgan fingerprint density at radius 3 is 2.24 bits per heavy atom. The zero-order chi connectivity index (χ0) is 18.2. The number of ether oxygens (including phenoxy) is 2. The van der Waals surface area contributed by atoms with Gasteiger partial charge >= 0.3 is 11.9 Å². The van der Waals surface area contributed by atoms with E-state index in [1.807, 2.05) is 6.08 Å². The first-order valence-corrected chi connectivity index (χ1v) is 10.2. The summed E-state index contributed by atoms with van der Waals surface area (Å²) in [6.07, 6.45) is 18.6.